The minimum Gasteiger partial charge on any atom is -0.461 e. The number of hydrogen-bond donors (Lipinski definition) is 0. The molecule has 4 atom stereocenters. The summed E-state index contributed by atoms with van der Waals surface area (Å²) in [5.74, 6) is 1.97. The summed E-state index contributed by atoms with van der Waals surface area (Å²) in [7, 11) is 0. The van der Waals surface area contributed by atoms with E-state index in [-0.39, 0.29) is 18.0 Å². The van der Waals surface area contributed by atoms with Crippen molar-refractivity contribution < 1.29 is 9.53 Å². The Hall–Kier alpha value is -0.240. The summed E-state index contributed by atoms with van der Waals surface area (Å²) in [5, 5.41) is 0. The number of rotatable bonds is 2. The van der Waals surface area contributed by atoms with Crippen LogP contribution in [0.1, 0.15) is 26.2 Å². The molecule has 0 aromatic heterocycles. The van der Waals surface area contributed by atoms with Gasteiger partial charge in [-0.05, 0) is 37.0 Å². The first-order valence-electron chi connectivity index (χ1n) is 4.96. The van der Waals surface area contributed by atoms with Crippen LogP contribution in [0.5, 0.6) is 0 Å². The van der Waals surface area contributed by atoms with Crippen LogP contribution in [-0.2, 0) is 9.53 Å². The minimum atomic E-state index is -0.258. The van der Waals surface area contributed by atoms with Crippen molar-refractivity contribution in [3.63, 3.8) is 0 Å². The van der Waals surface area contributed by atoms with Gasteiger partial charge in [0.2, 0.25) is 0 Å². The van der Waals surface area contributed by atoms with Crippen LogP contribution in [0.2, 0.25) is 0 Å². The Balaban J connectivity index is 1.88. The fourth-order valence-corrected chi connectivity index (χ4v) is 2.92. The second kappa shape index (κ2) is 3.49. The van der Waals surface area contributed by atoms with Gasteiger partial charge in [-0.3, -0.25) is 4.79 Å². The van der Waals surface area contributed by atoms with Gasteiger partial charge in [0, 0.05) is 0 Å². The average Bonchev–Trinajstić information content (AvgIpc) is 2.63. The van der Waals surface area contributed by atoms with Gasteiger partial charge in [-0.2, -0.15) is 0 Å². The lowest BCUT2D eigenvalue weighted by molar-refractivity contribution is -0.148. The van der Waals surface area contributed by atoms with Gasteiger partial charge < -0.3 is 4.74 Å². The van der Waals surface area contributed by atoms with Gasteiger partial charge in [0.25, 0.3) is 0 Å². The average molecular weight is 203 g/mol. The molecule has 2 saturated carbocycles. The largest absolute Gasteiger partial charge is 0.461 e. The number of carbonyl (C=O) groups is 1. The molecule has 13 heavy (non-hydrogen) atoms. The first-order chi connectivity index (χ1) is 6.20. The van der Waals surface area contributed by atoms with Gasteiger partial charge >= 0.3 is 5.97 Å². The smallest absolute Gasteiger partial charge is 0.321 e. The maximum Gasteiger partial charge on any atom is 0.321 e. The Kier molecular flexibility index (Phi) is 2.50. The summed E-state index contributed by atoms with van der Waals surface area (Å²) in [6, 6.07) is 0. The third-order valence-electron chi connectivity index (χ3n) is 3.54. The highest BCUT2D eigenvalue weighted by molar-refractivity contribution is 6.26. The lowest BCUT2D eigenvalue weighted by Crippen LogP contribution is -2.26. The maximum atomic E-state index is 11.0. The molecule has 0 N–H and O–H groups in total. The number of alkyl halides is 1. The Bertz CT molecular complexity index is 215. The summed E-state index contributed by atoms with van der Waals surface area (Å²) < 4.78 is 5.27. The molecule has 0 aliphatic heterocycles. The van der Waals surface area contributed by atoms with Crippen molar-refractivity contribution >= 4 is 17.6 Å². The molecule has 0 heterocycles. The monoisotopic (exact) mass is 202 g/mol. The molecule has 4 unspecified atom stereocenters. The van der Waals surface area contributed by atoms with E-state index in [1.807, 2.05) is 0 Å². The van der Waals surface area contributed by atoms with Crippen LogP contribution in [0.25, 0.3) is 0 Å². The fraction of sp³-hybridized carbons (Fsp3) is 0.900. The van der Waals surface area contributed by atoms with Crippen molar-refractivity contribution in [2.45, 2.75) is 32.3 Å². The van der Waals surface area contributed by atoms with Crippen molar-refractivity contribution in [3.05, 3.63) is 0 Å². The second-order valence-corrected chi connectivity index (χ2v) is 4.63. The van der Waals surface area contributed by atoms with Crippen molar-refractivity contribution in [2.24, 2.45) is 17.8 Å². The summed E-state index contributed by atoms with van der Waals surface area (Å²) in [5.41, 5.74) is 0. The first-order valence-corrected chi connectivity index (χ1v) is 5.49. The second-order valence-electron chi connectivity index (χ2n) is 4.37. The van der Waals surface area contributed by atoms with Crippen LogP contribution in [0.15, 0.2) is 0 Å². The molecule has 0 radical (unpaired) electrons. The van der Waals surface area contributed by atoms with Gasteiger partial charge in [0.1, 0.15) is 12.0 Å². The van der Waals surface area contributed by atoms with Crippen LogP contribution >= 0.6 is 11.6 Å². The third-order valence-corrected chi connectivity index (χ3v) is 3.76. The molecule has 2 rings (SSSR count). The zero-order chi connectivity index (χ0) is 9.42. The van der Waals surface area contributed by atoms with Gasteiger partial charge in [-0.1, -0.05) is 6.92 Å². The van der Waals surface area contributed by atoms with Crippen molar-refractivity contribution in [3.8, 4) is 0 Å². The maximum absolute atomic E-state index is 11.0. The first kappa shape index (κ1) is 9.32. The van der Waals surface area contributed by atoms with E-state index in [1.165, 1.54) is 12.8 Å². The normalized spacial score (nSPS) is 42.3. The van der Waals surface area contributed by atoms with Crippen molar-refractivity contribution in [2.75, 3.05) is 5.88 Å². The van der Waals surface area contributed by atoms with Crippen LogP contribution in [-0.4, -0.2) is 18.0 Å². The summed E-state index contributed by atoms with van der Waals surface area (Å²) >= 11 is 5.39. The molecule has 3 heteroatoms. The highest BCUT2D eigenvalue weighted by atomic mass is 35.5. The van der Waals surface area contributed by atoms with E-state index in [1.54, 1.807) is 0 Å². The number of carbonyl (C=O) groups excluding carboxylic acids is 1. The molecule has 0 saturated heterocycles. The Morgan fingerprint density at radius 3 is 2.62 bits per heavy atom. The predicted molar refractivity (Wildman–Crippen MR) is 50.6 cm³/mol. The van der Waals surface area contributed by atoms with E-state index in [9.17, 15) is 4.79 Å². The molecule has 0 aromatic rings. The summed E-state index contributed by atoms with van der Waals surface area (Å²) in [6.45, 7) is 2.30. The van der Waals surface area contributed by atoms with Gasteiger partial charge in [-0.15, -0.1) is 11.6 Å². The third kappa shape index (κ3) is 1.69. The number of halogens is 1. The highest BCUT2D eigenvalue weighted by Crippen LogP contribution is 2.49. The number of esters is 1. The van der Waals surface area contributed by atoms with Crippen LogP contribution < -0.4 is 0 Å². The molecule has 2 aliphatic rings. The Labute approximate surface area is 83.6 Å². The topological polar surface area (TPSA) is 26.3 Å². The number of fused-ring (bicyclic) bond motifs is 2. The van der Waals surface area contributed by atoms with E-state index in [4.69, 9.17) is 16.3 Å². The van der Waals surface area contributed by atoms with Gasteiger partial charge in [0.05, 0.1) is 0 Å². The van der Waals surface area contributed by atoms with E-state index < -0.39 is 0 Å². The lowest BCUT2D eigenvalue weighted by atomic mass is 9.89. The zero-order valence-corrected chi connectivity index (χ0v) is 8.59. The zero-order valence-electron chi connectivity index (χ0n) is 7.83. The molecule has 0 amide bonds. The Morgan fingerprint density at radius 2 is 2.15 bits per heavy atom. The van der Waals surface area contributed by atoms with Gasteiger partial charge in [0.15, 0.2) is 0 Å². The molecule has 2 bridgehead atoms. The molecule has 2 aliphatic carbocycles. The number of ether oxygens (including phenoxy) is 1. The quantitative estimate of drug-likeness (QED) is 0.507. The molecular formula is C10H15ClO2. The van der Waals surface area contributed by atoms with E-state index in [0.717, 1.165) is 18.3 Å². The van der Waals surface area contributed by atoms with Gasteiger partial charge in [-0.25, -0.2) is 0 Å². The summed E-state index contributed by atoms with van der Waals surface area (Å²) in [4.78, 5) is 11.0. The minimum absolute atomic E-state index is 0.0105. The molecule has 0 aromatic carbocycles. The van der Waals surface area contributed by atoms with Crippen LogP contribution in [0.3, 0.4) is 0 Å². The molecule has 2 nitrogen and oxygen atoms in total. The van der Waals surface area contributed by atoms with E-state index in [2.05, 4.69) is 6.92 Å². The Morgan fingerprint density at radius 1 is 1.38 bits per heavy atom. The molecule has 74 valence electrons. The summed E-state index contributed by atoms with van der Waals surface area (Å²) in [6.07, 6.45) is 3.72. The SMILES string of the molecule is CC1CC2CC1CC2OC(=O)CCl. The fourth-order valence-electron chi connectivity index (χ4n) is 2.85. The van der Waals surface area contributed by atoms with Crippen molar-refractivity contribution in [1.29, 1.82) is 0 Å². The molecule has 2 fully saturated rings. The standard InChI is InChI=1S/C10H15ClO2/c1-6-2-8-3-7(6)4-9(8)13-10(12)5-11/h6-9H,2-5H2,1H3. The molecular weight excluding hydrogens is 188 g/mol. The predicted octanol–water partition coefficient (Wildman–Crippen LogP) is 2.20. The lowest BCUT2D eigenvalue weighted by Gasteiger charge is -2.25. The van der Waals surface area contributed by atoms with Crippen LogP contribution in [0.4, 0.5) is 0 Å². The number of hydrogen-bond acceptors (Lipinski definition) is 2. The highest BCUT2D eigenvalue weighted by Gasteiger charge is 2.45. The van der Waals surface area contributed by atoms with Crippen LogP contribution in [0, 0.1) is 17.8 Å². The molecule has 0 spiro atoms. The van der Waals surface area contributed by atoms with E-state index in [0.29, 0.717) is 5.92 Å². The van der Waals surface area contributed by atoms with E-state index >= 15 is 0 Å². The van der Waals surface area contributed by atoms with Crippen molar-refractivity contribution in [1.82, 2.24) is 0 Å².